The summed E-state index contributed by atoms with van der Waals surface area (Å²) in [6.07, 6.45) is -3.38. The van der Waals surface area contributed by atoms with Gasteiger partial charge >= 0.3 is 0 Å². The number of amides is 2. The number of benzene rings is 2. The molecule has 2 amide bonds. The Bertz CT molecular complexity index is 2560. The molecule has 10 atom stereocenters. The summed E-state index contributed by atoms with van der Waals surface area (Å²) in [4.78, 5) is 79.4. The molecule has 0 fully saturated rings. The molecule has 0 saturated carbocycles. The van der Waals surface area contributed by atoms with Crippen LogP contribution >= 0.6 is 24.8 Å². The van der Waals surface area contributed by atoms with Crippen molar-refractivity contribution in [2.24, 2.45) is 35.1 Å². The number of phenols is 2. The minimum atomic E-state index is -2.94. The first-order chi connectivity index (χ1) is 29.7. The summed E-state index contributed by atoms with van der Waals surface area (Å²) in [5, 5.41) is 110. The topological polar surface area (TPSA) is 363 Å². The fourth-order valence-corrected chi connectivity index (χ4v) is 10.4. The van der Waals surface area contributed by atoms with Crippen molar-refractivity contribution >= 4 is 70.9 Å². The van der Waals surface area contributed by atoms with Crippen LogP contribution in [0, 0.1) is 23.7 Å². The van der Waals surface area contributed by atoms with Crippen LogP contribution in [-0.2, 0) is 19.2 Å². The number of rotatable bonds is 4. The van der Waals surface area contributed by atoms with Gasteiger partial charge in [0.1, 0.15) is 45.7 Å². The molecular weight excluding hydrogens is 911 g/mol. The first kappa shape index (κ1) is 50.6. The Balaban J connectivity index is 0.000000240. The summed E-state index contributed by atoms with van der Waals surface area (Å²) in [6.45, 7) is 7.83. The Kier molecular flexibility index (Phi) is 12.9. The maximum atomic E-state index is 13.3. The Hall–Kier alpha value is -6.36. The predicted molar refractivity (Wildman–Crippen MR) is 235 cm³/mol. The largest absolute Gasteiger partial charge is 0.510 e. The van der Waals surface area contributed by atoms with Gasteiger partial charge in [-0.2, -0.15) is 0 Å². The van der Waals surface area contributed by atoms with Gasteiger partial charge in [0, 0.05) is 11.8 Å². The third kappa shape index (κ3) is 6.43. The van der Waals surface area contributed by atoms with E-state index in [9.17, 15) is 79.8 Å². The number of hydrogen-bond acceptors (Lipinski definition) is 18. The van der Waals surface area contributed by atoms with Crippen molar-refractivity contribution in [3.05, 3.63) is 117 Å². The van der Waals surface area contributed by atoms with Gasteiger partial charge in [-0.3, -0.25) is 38.6 Å². The van der Waals surface area contributed by atoms with Crippen molar-refractivity contribution in [2.75, 3.05) is 28.2 Å². The molecule has 8 rings (SSSR count). The van der Waals surface area contributed by atoms with E-state index in [0.717, 1.165) is 0 Å². The van der Waals surface area contributed by atoms with E-state index < -0.39 is 151 Å². The molecule has 0 aliphatic heterocycles. The van der Waals surface area contributed by atoms with Gasteiger partial charge in [0.15, 0.2) is 22.8 Å². The second kappa shape index (κ2) is 16.8. The van der Waals surface area contributed by atoms with Crippen molar-refractivity contribution in [2.45, 2.75) is 35.5 Å². The van der Waals surface area contributed by atoms with E-state index >= 15 is 0 Å². The SMILES string of the molecule is C=C1c2cccc(O)c2C(=O)C2=C(O)[C@]3(O)C(=O)C(C(N)=O)=C(O)[C@@H](N(C)C)[C@@H]3[C@@H](O)[C@H]12.C=C1c2cccc(O)c2C(=O)C2=C(O)[C@]3(O)C(=O)C(C(N)=O)=C(O)[C@@H](N(C)C)[C@@H]3[C@@H](O)[C@H]12.Cl.Cl. The van der Waals surface area contributed by atoms with Crippen molar-refractivity contribution in [1.82, 2.24) is 9.80 Å². The van der Waals surface area contributed by atoms with Crippen LogP contribution in [0.1, 0.15) is 31.8 Å². The Morgan fingerprint density at radius 3 is 1.17 bits per heavy atom. The lowest BCUT2D eigenvalue weighted by Gasteiger charge is -2.52. The van der Waals surface area contributed by atoms with Crippen molar-refractivity contribution < 1.29 is 79.8 Å². The van der Waals surface area contributed by atoms with E-state index in [4.69, 9.17) is 11.5 Å². The lowest BCUT2D eigenvalue weighted by molar-refractivity contribution is -0.160. The Labute approximate surface area is 386 Å². The molecule has 352 valence electrons. The summed E-state index contributed by atoms with van der Waals surface area (Å²) in [7, 11) is 5.86. The molecule has 0 aromatic heterocycles. The number of aliphatic hydroxyl groups excluding tert-OH is 6. The van der Waals surface area contributed by atoms with Gasteiger partial charge in [-0.15, -0.1) is 24.8 Å². The lowest BCUT2D eigenvalue weighted by Crippen LogP contribution is -2.68. The van der Waals surface area contributed by atoms with Crippen LogP contribution in [0.3, 0.4) is 0 Å². The highest BCUT2D eigenvalue weighted by molar-refractivity contribution is 6.27. The fourth-order valence-electron chi connectivity index (χ4n) is 10.4. The number of aliphatic hydroxyl groups is 8. The number of nitrogens with zero attached hydrogens (tertiary/aromatic N) is 2. The molecule has 0 bridgehead atoms. The molecule has 0 saturated heterocycles. The molecule has 14 N–H and O–H groups in total. The molecule has 22 heteroatoms. The predicted octanol–water partition coefficient (Wildman–Crippen LogP) is -0.0322. The zero-order valence-electron chi connectivity index (χ0n) is 35.3. The number of primary amides is 2. The third-order valence-electron chi connectivity index (χ3n) is 13.2. The number of carbonyl (C=O) groups excluding carboxylic acids is 6. The van der Waals surface area contributed by atoms with E-state index in [2.05, 4.69) is 13.2 Å². The number of halogens is 2. The van der Waals surface area contributed by atoms with Crippen LogP contribution in [-0.4, -0.2) is 159 Å². The second-order valence-corrected chi connectivity index (χ2v) is 16.9. The summed E-state index contributed by atoms with van der Waals surface area (Å²) >= 11 is 0. The number of fused-ring (bicyclic) bond motifs is 6. The maximum Gasteiger partial charge on any atom is 0.255 e. The molecule has 66 heavy (non-hydrogen) atoms. The average molecular weight is 958 g/mol. The number of likely N-dealkylation sites (N-methyl/N-ethyl adjacent to an activating group) is 2. The van der Waals surface area contributed by atoms with Crippen LogP contribution < -0.4 is 11.5 Å². The summed E-state index contributed by atoms with van der Waals surface area (Å²) < 4.78 is 0. The lowest BCUT2D eigenvalue weighted by atomic mass is 9.56. The van der Waals surface area contributed by atoms with Gasteiger partial charge in [0.25, 0.3) is 11.8 Å². The minimum Gasteiger partial charge on any atom is -0.510 e. The monoisotopic (exact) mass is 956 g/mol. The van der Waals surface area contributed by atoms with Crippen LogP contribution in [0.25, 0.3) is 11.1 Å². The molecule has 0 heterocycles. The summed E-state index contributed by atoms with van der Waals surface area (Å²) in [5.41, 5.74) is 2.12. The van der Waals surface area contributed by atoms with Gasteiger partial charge < -0.3 is 62.5 Å². The molecule has 0 spiro atoms. The van der Waals surface area contributed by atoms with E-state index in [-0.39, 0.29) is 58.2 Å². The Morgan fingerprint density at radius 1 is 0.591 bits per heavy atom. The number of hydrogen-bond donors (Lipinski definition) is 12. The van der Waals surface area contributed by atoms with Crippen molar-refractivity contribution in [3.8, 4) is 11.5 Å². The van der Waals surface area contributed by atoms with Gasteiger partial charge in [0.2, 0.25) is 11.6 Å². The fraction of sp³-hybridized carbons (Fsp3) is 0.318. The van der Waals surface area contributed by atoms with E-state index in [1.807, 2.05) is 0 Å². The summed E-state index contributed by atoms with van der Waals surface area (Å²) in [6, 6.07) is 5.85. The van der Waals surface area contributed by atoms with Crippen LogP contribution in [0.15, 0.2) is 94.9 Å². The molecule has 6 aliphatic rings. The van der Waals surface area contributed by atoms with Crippen LogP contribution in [0.4, 0.5) is 0 Å². The normalized spacial score (nSPS) is 31.1. The number of ketones is 4. The smallest absolute Gasteiger partial charge is 0.255 e. The molecule has 2 aromatic carbocycles. The highest BCUT2D eigenvalue weighted by Crippen LogP contribution is 2.57. The standard InChI is InChI=1S/2C22H22N2O8.2ClH/c2*1-7-8-5-4-6-9(25)11(8)16(26)12-10(7)17(27)14-15(24(2)3)18(28)13(21(23)31)20(30)22(14,32)19(12)29;;/h2*4-6,10,14-15,17,25,27-29,32H,1H2,2-3H3,(H2,23,31);2*1H/t2*10-,14-,15+,17+,22+;;/m11../s1. The Morgan fingerprint density at radius 2 is 0.894 bits per heavy atom. The van der Waals surface area contributed by atoms with E-state index in [0.29, 0.717) is 0 Å². The summed E-state index contributed by atoms with van der Waals surface area (Å²) in [5.74, 6) is -17.5. The van der Waals surface area contributed by atoms with Gasteiger partial charge in [-0.1, -0.05) is 37.4 Å². The van der Waals surface area contributed by atoms with Crippen LogP contribution in [0.2, 0.25) is 0 Å². The molecule has 20 nitrogen and oxygen atoms in total. The maximum absolute atomic E-state index is 13.3. The molecule has 0 radical (unpaired) electrons. The molecule has 0 unspecified atom stereocenters. The highest BCUT2D eigenvalue weighted by atomic mass is 35.5. The zero-order chi connectivity index (χ0) is 47.7. The van der Waals surface area contributed by atoms with Gasteiger partial charge in [0.05, 0.1) is 58.4 Å². The molecule has 6 aliphatic carbocycles. The minimum absolute atomic E-state index is 0. The zero-order valence-corrected chi connectivity index (χ0v) is 36.9. The van der Waals surface area contributed by atoms with E-state index in [1.54, 1.807) is 0 Å². The first-order valence-corrected chi connectivity index (χ1v) is 19.4. The number of aromatic hydroxyl groups is 2. The highest BCUT2D eigenvalue weighted by Gasteiger charge is 2.68. The molecular formula is C44H46Cl2N4O16. The number of carbonyl (C=O) groups is 6. The quantitative estimate of drug-likeness (QED) is 0.179. The average Bonchev–Trinajstić information content (AvgIpc) is 3.20. The second-order valence-electron chi connectivity index (χ2n) is 16.9. The number of nitrogens with two attached hydrogens (primary N) is 2. The van der Waals surface area contributed by atoms with Crippen molar-refractivity contribution in [1.29, 1.82) is 0 Å². The third-order valence-corrected chi connectivity index (χ3v) is 13.2. The first-order valence-electron chi connectivity index (χ1n) is 19.4. The number of Topliss-reactive ketones (excluding diaryl/α,β-unsaturated/α-hetero) is 4. The van der Waals surface area contributed by atoms with Gasteiger partial charge in [-0.25, -0.2) is 0 Å². The molecule has 2 aromatic rings. The van der Waals surface area contributed by atoms with E-state index in [1.165, 1.54) is 74.4 Å². The van der Waals surface area contributed by atoms with Crippen molar-refractivity contribution in [3.63, 3.8) is 0 Å². The van der Waals surface area contributed by atoms with Gasteiger partial charge in [-0.05, 0) is 62.6 Å². The van der Waals surface area contributed by atoms with Crippen LogP contribution in [0.5, 0.6) is 11.5 Å². The number of phenolic OH excluding ortho intramolecular Hbond substituents is 2.